The molecule has 0 aliphatic carbocycles. The number of halogens is 1. The number of carbonyl (C=O) groups excluding carboxylic acids is 2. The van der Waals surface area contributed by atoms with Gasteiger partial charge in [-0.25, -0.2) is 4.39 Å². The van der Waals surface area contributed by atoms with Gasteiger partial charge in [0.05, 0.1) is 17.5 Å². The van der Waals surface area contributed by atoms with E-state index in [9.17, 15) is 14.0 Å². The number of hydrogen-bond acceptors (Lipinski definition) is 3. The maximum atomic E-state index is 13.8. The molecule has 1 N–H and O–H groups in total. The van der Waals surface area contributed by atoms with Crippen molar-refractivity contribution in [1.82, 2.24) is 15.2 Å². The first kappa shape index (κ1) is 19.1. The van der Waals surface area contributed by atoms with E-state index in [-0.39, 0.29) is 17.5 Å². The lowest BCUT2D eigenvalue weighted by molar-refractivity contribution is -0.131. The Morgan fingerprint density at radius 1 is 1.03 bits per heavy atom. The van der Waals surface area contributed by atoms with Gasteiger partial charge in [-0.3, -0.25) is 14.6 Å². The summed E-state index contributed by atoms with van der Waals surface area (Å²) < 4.78 is 13.8. The predicted molar refractivity (Wildman–Crippen MR) is 109 cm³/mol. The van der Waals surface area contributed by atoms with Crippen LogP contribution in [-0.2, 0) is 11.2 Å². The van der Waals surface area contributed by atoms with Crippen molar-refractivity contribution in [3.05, 3.63) is 77.7 Å². The molecule has 29 heavy (non-hydrogen) atoms. The number of piperidine rings is 1. The fraction of sp³-hybridized carbons (Fsp3) is 0.261. The third-order valence-electron chi connectivity index (χ3n) is 5.36. The average molecular weight is 391 g/mol. The summed E-state index contributed by atoms with van der Waals surface area (Å²) >= 11 is 0. The van der Waals surface area contributed by atoms with Crippen molar-refractivity contribution < 1.29 is 14.0 Å². The Morgan fingerprint density at radius 3 is 2.59 bits per heavy atom. The molecule has 5 nitrogen and oxygen atoms in total. The summed E-state index contributed by atoms with van der Waals surface area (Å²) in [5, 5.41) is 3.90. The van der Waals surface area contributed by atoms with E-state index in [0.717, 1.165) is 16.5 Å². The molecule has 0 saturated carbocycles. The molecular formula is C23H22FN3O2. The van der Waals surface area contributed by atoms with Crippen molar-refractivity contribution >= 4 is 22.7 Å². The number of pyridine rings is 1. The zero-order valence-corrected chi connectivity index (χ0v) is 16.0. The van der Waals surface area contributed by atoms with Gasteiger partial charge < -0.3 is 10.2 Å². The molecule has 3 aromatic rings. The van der Waals surface area contributed by atoms with E-state index in [0.29, 0.717) is 32.4 Å². The van der Waals surface area contributed by atoms with Crippen LogP contribution in [0.4, 0.5) is 4.39 Å². The average Bonchev–Trinajstić information content (AvgIpc) is 2.75. The minimum absolute atomic E-state index is 0.0504. The molecule has 6 heteroatoms. The first-order chi connectivity index (χ1) is 14.1. The maximum Gasteiger partial charge on any atom is 0.254 e. The van der Waals surface area contributed by atoms with Gasteiger partial charge >= 0.3 is 0 Å². The highest BCUT2D eigenvalue weighted by Gasteiger charge is 2.25. The lowest BCUT2D eigenvalue weighted by Crippen LogP contribution is -2.47. The SMILES string of the molecule is O=C(NC1CCN(C(=O)Cc2cccc3cccnc23)CC1)c1ccccc1F. The fourth-order valence-corrected chi connectivity index (χ4v) is 3.77. The molecular weight excluding hydrogens is 369 g/mol. The first-order valence-electron chi connectivity index (χ1n) is 9.77. The van der Waals surface area contributed by atoms with Crippen LogP contribution in [0.3, 0.4) is 0 Å². The number of nitrogens with zero attached hydrogens (tertiary/aromatic N) is 2. The summed E-state index contributed by atoms with van der Waals surface area (Å²) in [4.78, 5) is 31.3. The molecule has 1 fully saturated rings. The molecule has 0 spiro atoms. The summed E-state index contributed by atoms with van der Waals surface area (Å²) in [5.74, 6) is -0.877. The molecule has 2 heterocycles. The number of amides is 2. The quantitative estimate of drug-likeness (QED) is 0.742. The number of nitrogens with one attached hydrogen (secondary N) is 1. The number of hydrogen-bond donors (Lipinski definition) is 1. The Balaban J connectivity index is 1.34. The van der Waals surface area contributed by atoms with Crippen LogP contribution in [0.5, 0.6) is 0 Å². The number of fused-ring (bicyclic) bond motifs is 1. The zero-order chi connectivity index (χ0) is 20.2. The van der Waals surface area contributed by atoms with E-state index >= 15 is 0 Å². The van der Waals surface area contributed by atoms with Crippen LogP contribution >= 0.6 is 0 Å². The zero-order valence-electron chi connectivity index (χ0n) is 16.0. The molecule has 0 atom stereocenters. The van der Waals surface area contributed by atoms with Crippen LogP contribution in [0, 0.1) is 5.82 Å². The van der Waals surface area contributed by atoms with Crippen molar-refractivity contribution in [3.8, 4) is 0 Å². The van der Waals surface area contributed by atoms with Crippen molar-refractivity contribution in [1.29, 1.82) is 0 Å². The van der Waals surface area contributed by atoms with Gasteiger partial charge in [-0.05, 0) is 36.6 Å². The molecule has 4 rings (SSSR count). The van der Waals surface area contributed by atoms with E-state index < -0.39 is 11.7 Å². The summed E-state index contributed by atoms with van der Waals surface area (Å²) in [6, 6.07) is 15.6. The van der Waals surface area contributed by atoms with Gasteiger partial charge in [-0.15, -0.1) is 0 Å². The van der Waals surface area contributed by atoms with Gasteiger partial charge in [-0.2, -0.15) is 0 Å². The summed E-state index contributed by atoms with van der Waals surface area (Å²) in [7, 11) is 0. The summed E-state index contributed by atoms with van der Waals surface area (Å²) in [6.45, 7) is 1.14. The lowest BCUT2D eigenvalue weighted by atomic mass is 10.0. The van der Waals surface area contributed by atoms with E-state index in [2.05, 4.69) is 10.3 Å². The second-order valence-electron chi connectivity index (χ2n) is 7.28. The standard InChI is InChI=1S/C23H22FN3O2/c24-20-9-2-1-8-19(20)23(29)26-18-10-13-27(14-11-18)21(28)15-17-6-3-5-16-7-4-12-25-22(16)17/h1-9,12,18H,10-11,13-15H2,(H,26,29). The smallest absolute Gasteiger partial charge is 0.254 e. The number of rotatable bonds is 4. The van der Waals surface area contributed by atoms with E-state index in [1.807, 2.05) is 35.2 Å². The van der Waals surface area contributed by atoms with Gasteiger partial charge in [0.2, 0.25) is 5.91 Å². The molecule has 1 aromatic heterocycles. The summed E-state index contributed by atoms with van der Waals surface area (Å²) in [6.07, 6.45) is 3.35. The van der Waals surface area contributed by atoms with Gasteiger partial charge in [0, 0.05) is 30.7 Å². The van der Waals surface area contributed by atoms with Crippen LogP contribution in [0.2, 0.25) is 0 Å². The van der Waals surface area contributed by atoms with Crippen LogP contribution in [-0.4, -0.2) is 40.8 Å². The number of para-hydroxylation sites is 1. The summed E-state index contributed by atoms with van der Waals surface area (Å²) in [5.41, 5.74) is 1.83. The van der Waals surface area contributed by atoms with Crippen molar-refractivity contribution in [3.63, 3.8) is 0 Å². The highest BCUT2D eigenvalue weighted by molar-refractivity contribution is 5.94. The highest BCUT2D eigenvalue weighted by atomic mass is 19.1. The van der Waals surface area contributed by atoms with E-state index in [4.69, 9.17) is 0 Å². The molecule has 1 aliphatic rings. The third-order valence-corrected chi connectivity index (χ3v) is 5.36. The Kier molecular flexibility index (Phi) is 5.51. The molecule has 148 valence electrons. The van der Waals surface area contributed by atoms with E-state index in [1.165, 1.54) is 12.1 Å². The van der Waals surface area contributed by atoms with Gasteiger partial charge in [0.25, 0.3) is 5.91 Å². The van der Waals surface area contributed by atoms with E-state index in [1.54, 1.807) is 18.3 Å². The van der Waals surface area contributed by atoms with Crippen molar-refractivity contribution in [2.45, 2.75) is 25.3 Å². The van der Waals surface area contributed by atoms with Crippen LogP contribution in [0.15, 0.2) is 60.8 Å². The monoisotopic (exact) mass is 391 g/mol. The molecule has 1 aliphatic heterocycles. The molecule has 1 saturated heterocycles. The van der Waals surface area contributed by atoms with Crippen LogP contribution < -0.4 is 5.32 Å². The molecule has 2 amide bonds. The number of benzene rings is 2. The van der Waals surface area contributed by atoms with Crippen molar-refractivity contribution in [2.75, 3.05) is 13.1 Å². The van der Waals surface area contributed by atoms with Gasteiger partial charge in [0.15, 0.2) is 0 Å². The molecule has 2 aromatic carbocycles. The topological polar surface area (TPSA) is 62.3 Å². The molecule has 0 bridgehead atoms. The third kappa shape index (κ3) is 4.26. The predicted octanol–water partition coefficient (Wildman–Crippen LogP) is 3.34. The van der Waals surface area contributed by atoms with Crippen molar-refractivity contribution in [2.24, 2.45) is 0 Å². The number of carbonyl (C=O) groups is 2. The number of aromatic nitrogens is 1. The highest BCUT2D eigenvalue weighted by Crippen LogP contribution is 2.19. The Hall–Kier alpha value is -3.28. The first-order valence-corrected chi connectivity index (χ1v) is 9.77. The van der Waals surface area contributed by atoms with Gasteiger partial charge in [-0.1, -0.05) is 36.4 Å². The minimum Gasteiger partial charge on any atom is -0.349 e. The Bertz CT molecular complexity index is 1040. The molecule has 0 unspecified atom stereocenters. The molecule has 0 radical (unpaired) electrons. The Morgan fingerprint density at radius 2 is 1.79 bits per heavy atom. The largest absolute Gasteiger partial charge is 0.349 e. The normalized spacial score (nSPS) is 14.7. The van der Waals surface area contributed by atoms with Crippen LogP contribution in [0.1, 0.15) is 28.8 Å². The van der Waals surface area contributed by atoms with Crippen LogP contribution in [0.25, 0.3) is 10.9 Å². The van der Waals surface area contributed by atoms with Gasteiger partial charge in [0.1, 0.15) is 5.82 Å². The second kappa shape index (κ2) is 8.39. The lowest BCUT2D eigenvalue weighted by Gasteiger charge is -2.32. The maximum absolute atomic E-state index is 13.8. The second-order valence-corrected chi connectivity index (χ2v) is 7.28. The number of likely N-dealkylation sites (tertiary alicyclic amines) is 1. The minimum atomic E-state index is -0.527. The Labute approximate surface area is 168 Å². The fourth-order valence-electron chi connectivity index (χ4n) is 3.77.